The molecule has 4 heterocycles. The number of H-pyrrole nitrogens is 1. The first-order valence-electron chi connectivity index (χ1n) is 10.5. The van der Waals surface area contributed by atoms with E-state index in [1.54, 1.807) is 0 Å². The van der Waals surface area contributed by atoms with Crippen molar-refractivity contribution in [3.63, 3.8) is 0 Å². The van der Waals surface area contributed by atoms with Crippen molar-refractivity contribution in [2.75, 3.05) is 49.1 Å². The van der Waals surface area contributed by atoms with Gasteiger partial charge in [-0.05, 0) is 37.5 Å². The summed E-state index contributed by atoms with van der Waals surface area (Å²) in [5.74, 6) is 1.93. The fourth-order valence-electron chi connectivity index (χ4n) is 4.40. The Kier molecular flexibility index (Phi) is 5.06. The lowest BCUT2D eigenvalue weighted by molar-refractivity contribution is 0.249. The summed E-state index contributed by atoms with van der Waals surface area (Å²) >= 11 is 6.35. The monoisotopic (exact) mass is 410 g/mol. The van der Waals surface area contributed by atoms with Crippen LogP contribution in [0.1, 0.15) is 24.1 Å². The van der Waals surface area contributed by atoms with Gasteiger partial charge in [-0.1, -0.05) is 29.8 Å². The molecular weight excluding hydrogens is 384 g/mol. The summed E-state index contributed by atoms with van der Waals surface area (Å²) in [7, 11) is 0. The number of aromatic amines is 1. The first-order chi connectivity index (χ1) is 14.2. The van der Waals surface area contributed by atoms with Crippen LogP contribution in [-0.4, -0.2) is 59.1 Å². The van der Waals surface area contributed by atoms with Crippen LogP contribution in [0.5, 0.6) is 0 Å². The average molecular weight is 411 g/mol. The number of aryl methyl sites for hydroxylation is 1. The van der Waals surface area contributed by atoms with E-state index >= 15 is 0 Å². The highest BCUT2D eigenvalue weighted by Crippen LogP contribution is 2.29. The van der Waals surface area contributed by atoms with Crippen molar-refractivity contribution in [1.29, 1.82) is 0 Å². The van der Waals surface area contributed by atoms with E-state index in [1.807, 2.05) is 12.1 Å². The highest BCUT2D eigenvalue weighted by Gasteiger charge is 2.24. The van der Waals surface area contributed by atoms with Gasteiger partial charge in [0.05, 0.1) is 5.39 Å². The van der Waals surface area contributed by atoms with Crippen LogP contribution in [0.25, 0.3) is 11.0 Å². The highest BCUT2D eigenvalue weighted by atomic mass is 35.5. The molecule has 29 heavy (non-hydrogen) atoms. The van der Waals surface area contributed by atoms with Crippen LogP contribution in [0.3, 0.4) is 0 Å². The molecule has 152 valence electrons. The standard InChI is InChI=1S/C22H27ClN6/c1-16-14-18-20(24-16)25-22(29-8-4-5-9-29)26-21(18)28-12-10-27(11-13-28)15-17-6-2-3-7-19(17)23/h2-3,6-7,14H,4-5,8-13,15H2,1H3,(H,24,25,26). The Morgan fingerprint density at radius 2 is 1.72 bits per heavy atom. The predicted octanol–water partition coefficient (Wildman–Crippen LogP) is 3.84. The third-order valence-corrected chi connectivity index (χ3v) is 6.37. The predicted molar refractivity (Wildman–Crippen MR) is 119 cm³/mol. The molecule has 2 saturated heterocycles. The maximum atomic E-state index is 6.35. The van der Waals surface area contributed by atoms with Gasteiger partial charge in [0.15, 0.2) is 0 Å². The number of piperazine rings is 1. The summed E-state index contributed by atoms with van der Waals surface area (Å²) in [6, 6.07) is 10.3. The molecule has 2 aliphatic rings. The minimum Gasteiger partial charge on any atom is -0.353 e. The number of fused-ring (bicyclic) bond motifs is 1. The van der Waals surface area contributed by atoms with E-state index in [0.717, 1.165) is 79.3 Å². The molecule has 0 atom stereocenters. The SMILES string of the molecule is Cc1cc2c(N3CCN(Cc4ccccc4Cl)CC3)nc(N3CCCC3)nc2[nH]1. The van der Waals surface area contributed by atoms with Gasteiger partial charge in [-0.25, -0.2) is 0 Å². The molecule has 3 aromatic rings. The maximum absolute atomic E-state index is 6.35. The molecule has 1 N–H and O–H groups in total. The summed E-state index contributed by atoms with van der Waals surface area (Å²) in [6.07, 6.45) is 2.45. The number of nitrogens with one attached hydrogen (secondary N) is 1. The lowest BCUT2D eigenvalue weighted by Crippen LogP contribution is -2.46. The molecule has 2 aliphatic heterocycles. The molecule has 0 amide bonds. The molecule has 0 aliphatic carbocycles. The van der Waals surface area contributed by atoms with Crippen LogP contribution in [-0.2, 0) is 6.54 Å². The second kappa shape index (κ2) is 7.84. The van der Waals surface area contributed by atoms with Crippen molar-refractivity contribution in [1.82, 2.24) is 19.9 Å². The van der Waals surface area contributed by atoms with Crippen molar-refractivity contribution >= 4 is 34.4 Å². The largest absolute Gasteiger partial charge is 0.353 e. The van der Waals surface area contributed by atoms with Gasteiger partial charge in [-0.15, -0.1) is 0 Å². The van der Waals surface area contributed by atoms with Gasteiger partial charge in [0.1, 0.15) is 11.5 Å². The third kappa shape index (κ3) is 3.79. The molecule has 0 unspecified atom stereocenters. The lowest BCUT2D eigenvalue weighted by atomic mass is 10.2. The number of aromatic nitrogens is 3. The first-order valence-corrected chi connectivity index (χ1v) is 10.9. The van der Waals surface area contributed by atoms with Gasteiger partial charge in [0, 0.05) is 56.5 Å². The van der Waals surface area contributed by atoms with E-state index in [9.17, 15) is 0 Å². The van der Waals surface area contributed by atoms with Gasteiger partial charge >= 0.3 is 0 Å². The molecule has 0 bridgehead atoms. The van der Waals surface area contributed by atoms with Gasteiger partial charge in [0.25, 0.3) is 0 Å². The lowest BCUT2D eigenvalue weighted by Gasteiger charge is -2.36. The summed E-state index contributed by atoms with van der Waals surface area (Å²) in [5.41, 5.74) is 3.28. The second-order valence-electron chi connectivity index (χ2n) is 8.11. The Hall–Kier alpha value is -2.31. The summed E-state index contributed by atoms with van der Waals surface area (Å²) in [4.78, 5) is 20.5. The van der Waals surface area contributed by atoms with Crippen LogP contribution in [0, 0.1) is 6.92 Å². The Bertz CT molecular complexity index is 1000. The molecule has 5 rings (SSSR count). The van der Waals surface area contributed by atoms with Crippen molar-refractivity contribution < 1.29 is 0 Å². The number of benzene rings is 1. The quantitative estimate of drug-likeness (QED) is 0.708. The second-order valence-corrected chi connectivity index (χ2v) is 8.52. The molecule has 0 spiro atoms. The number of hydrogen-bond donors (Lipinski definition) is 1. The molecule has 2 aromatic heterocycles. The normalized spacial score (nSPS) is 18.1. The molecular formula is C22H27ClN6. The van der Waals surface area contributed by atoms with E-state index < -0.39 is 0 Å². The Labute approximate surface area is 176 Å². The zero-order valence-corrected chi connectivity index (χ0v) is 17.6. The molecule has 6 nitrogen and oxygen atoms in total. The summed E-state index contributed by atoms with van der Waals surface area (Å²) in [6.45, 7) is 9.00. The smallest absolute Gasteiger partial charge is 0.229 e. The van der Waals surface area contributed by atoms with Crippen molar-refractivity contribution in [2.45, 2.75) is 26.3 Å². The maximum Gasteiger partial charge on any atom is 0.229 e. The molecule has 0 radical (unpaired) electrons. The Morgan fingerprint density at radius 3 is 2.48 bits per heavy atom. The van der Waals surface area contributed by atoms with Crippen molar-refractivity contribution in [2.24, 2.45) is 0 Å². The van der Waals surface area contributed by atoms with E-state index in [2.05, 4.69) is 44.8 Å². The zero-order chi connectivity index (χ0) is 19.8. The highest BCUT2D eigenvalue weighted by molar-refractivity contribution is 6.31. The van der Waals surface area contributed by atoms with Crippen LogP contribution < -0.4 is 9.80 Å². The fraction of sp³-hybridized carbons (Fsp3) is 0.455. The number of hydrogen-bond acceptors (Lipinski definition) is 5. The van der Waals surface area contributed by atoms with Crippen LogP contribution in [0.15, 0.2) is 30.3 Å². The Balaban J connectivity index is 1.36. The number of rotatable bonds is 4. The molecule has 1 aromatic carbocycles. The summed E-state index contributed by atoms with van der Waals surface area (Å²) in [5, 5.41) is 1.98. The van der Waals surface area contributed by atoms with Crippen molar-refractivity contribution in [3.8, 4) is 0 Å². The zero-order valence-electron chi connectivity index (χ0n) is 16.9. The molecule has 2 fully saturated rings. The number of anilines is 2. The topological polar surface area (TPSA) is 51.3 Å². The van der Waals surface area contributed by atoms with E-state index in [0.29, 0.717) is 0 Å². The van der Waals surface area contributed by atoms with Crippen LogP contribution >= 0.6 is 11.6 Å². The average Bonchev–Trinajstić information content (AvgIpc) is 3.38. The first kappa shape index (κ1) is 18.7. The Morgan fingerprint density at radius 1 is 0.966 bits per heavy atom. The van der Waals surface area contributed by atoms with Gasteiger partial charge < -0.3 is 14.8 Å². The van der Waals surface area contributed by atoms with Crippen LogP contribution in [0.4, 0.5) is 11.8 Å². The van der Waals surface area contributed by atoms with Gasteiger partial charge in [0.2, 0.25) is 5.95 Å². The van der Waals surface area contributed by atoms with E-state index in [4.69, 9.17) is 21.6 Å². The van der Waals surface area contributed by atoms with Gasteiger partial charge in [-0.2, -0.15) is 9.97 Å². The van der Waals surface area contributed by atoms with Crippen LogP contribution in [0.2, 0.25) is 5.02 Å². The minimum absolute atomic E-state index is 0.852. The van der Waals surface area contributed by atoms with Gasteiger partial charge in [-0.3, -0.25) is 4.90 Å². The molecule has 0 saturated carbocycles. The fourth-order valence-corrected chi connectivity index (χ4v) is 4.59. The third-order valence-electron chi connectivity index (χ3n) is 6.00. The number of nitrogens with zero attached hydrogens (tertiary/aromatic N) is 5. The summed E-state index contributed by atoms with van der Waals surface area (Å²) < 4.78 is 0. The minimum atomic E-state index is 0.852. The van der Waals surface area contributed by atoms with Crippen molar-refractivity contribution in [3.05, 3.63) is 46.6 Å². The molecule has 7 heteroatoms. The van der Waals surface area contributed by atoms with E-state index in [-0.39, 0.29) is 0 Å². The number of halogens is 1. The van der Waals surface area contributed by atoms with E-state index in [1.165, 1.54) is 18.4 Å².